The molecule has 0 aromatic carbocycles. The van der Waals surface area contributed by atoms with Gasteiger partial charge in [-0.05, 0) is 37.6 Å². The van der Waals surface area contributed by atoms with Crippen LogP contribution in [0, 0.1) is 11.8 Å². The number of aliphatic carboxylic acids is 1. The summed E-state index contributed by atoms with van der Waals surface area (Å²) >= 11 is 0. The Bertz CT molecular complexity index is 236. The molecular weight excluding hydrogens is 190 g/mol. The SMILES string of the molecule is CC(C)CNC(C(=O)O)C1CC=CCC1. The van der Waals surface area contributed by atoms with Crippen molar-refractivity contribution >= 4 is 5.97 Å². The summed E-state index contributed by atoms with van der Waals surface area (Å²) in [7, 11) is 0. The summed E-state index contributed by atoms with van der Waals surface area (Å²) in [6.07, 6.45) is 7.12. The minimum absolute atomic E-state index is 0.256. The van der Waals surface area contributed by atoms with Crippen molar-refractivity contribution in [2.45, 2.75) is 39.2 Å². The molecule has 1 aliphatic rings. The summed E-state index contributed by atoms with van der Waals surface area (Å²) in [4.78, 5) is 11.1. The lowest BCUT2D eigenvalue weighted by Crippen LogP contribution is -2.44. The molecule has 0 aliphatic heterocycles. The number of carboxylic acid groups (broad SMARTS) is 1. The van der Waals surface area contributed by atoms with E-state index in [0.29, 0.717) is 5.92 Å². The highest BCUT2D eigenvalue weighted by atomic mass is 16.4. The maximum Gasteiger partial charge on any atom is 0.320 e. The van der Waals surface area contributed by atoms with Crippen molar-refractivity contribution in [1.29, 1.82) is 0 Å². The predicted octanol–water partition coefficient (Wildman–Crippen LogP) is 2.04. The molecular formula is C12H21NO2. The zero-order chi connectivity index (χ0) is 11.3. The summed E-state index contributed by atoms with van der Waals surface area (Å²) < 4.78 is 0. The number of rotatable bonds is 5. The van der Waals surface area contributed by atoms with Gasteiger partial charge in [-0.15, -0.1) is 0 Å². The van der Waals surface area contributed by atoms with Crippen LogP contribution in [0.25, 0.3) is 0 Å². The van der Waals surface area contributed by atoms with Crippen LogP contribution in [-0.4, -0.2) is 23.7 Å². The quantitative estimate of drug-likeness (QED) is 0.684. The van der Waals surface area contributed by atoms with E-state index in [4.69, 9.17) is 5.11 Å². The van der Waals surface area contributed by atoms with Crippen LogP contribution in [-0.2, 0) is 4.79 Å². The van der Waals surface area contributed by atoms with Crippen molar-refractivity contribution in [3.05, 3.63) is 12.2 Å². The molecule has 86 valence electrons. The van der Waals surface area contributed by atoms with Crippen LogP contribution >= 0.6 is 0 Å². The van der Waals surface area contributed by atoms with Crippen LogP contribution in [0.2, 0.25) is 0 Å². The molecule has 0 amide bonds. The predicted molar refractivity (Wildman–Crippen MR) is 60.7 cm³/mol. The molecule has 0 aromatic heterocycles. The van der Waals surface area contributed by atoms with E-state index >= 15 is 0 Å². The third-order valence-corrected chi connectivity index (χ3v) is 2.79. The number of hydrogen-bond donors (Lipinski definition) is 2. The van der Waals surface area contributed by atoms with Crippen LogP contribution in [0.5, 0.6) is 0 Å². The standard InChI is InChI=1S/C12H21NO2/c1-9(2)8-13-11(12(14)15)10-6-4-3-5-7-10/h3-4,9-11,13H,5-8H2,1-2H3,(H,14,15). The fourth-order valence-corrected chi connectivity index (χ4v) is 1.94. The molecule has 15 heavy (non-hydrogen) atoms. The van der Waals surface area contributed by atoms with E-state index in [-0.39, 0.29) is 12.0 Å². The molecule has 2 atom stereocenters. The number of hydrogen-bond acceptors (Lipinski definition) is 2. The second-order valence-corrected chi connectivity index (χ2v) is 4.66. The maximum atomic E-state index is 11.1. The van der Waals surface area contributed by atoms with Crippen molar-refractivity contribution in [3.8, 4) is 0 Å². The molecule has 3 nitrogen and oxygen atoms in total. The zero-order valence-electron chi connectivity index (χ0n) is 9.57. The van der Waals surface area contributed by atoms with Gasteiger partial charge >= 0.3 is 5.97 Å². The van der Waals surface area contributed by atoms with Gasteiger partial charge in [-0.3, -0.25) is 4.79 Å². The first kappa shape index (κ1) is 12.2. The minimum Gasteiger partial charge on any atom is -0.480 e. The first-order chi connectivity index (χ1) is 7.11. The van der Waals surface area contributed by atoms with Gasteiger partial charge in [0, 0.05) is 0 Å². The van der Waals surface area contributed by atoms with Crippen LogP contribution in [0.4, 0.5) is 0 Å². The van der Waals surface area contributed by atoms with Gasteiger partial charge in [0.1, 0.15) is 6.04 Å². The van der Waals surface area contributed by atoms with Crippen molar-refractivity contribution < 1.29 is 9.90 Å². The highest BCUT2D eigenvalue weighted by Gasteiger charge is 2.27. The Morgan fingerprint density at radius 3 is 2.73 bits per heavy atom. The lowest BCUT2D eigenvalue weighted by Gasteiger charge is -2.26. The van der Waals surface area contributed by atoms with Gasteiger partial charge in [0.05, 0.1) is 0 Å². The van der Waals surface area contributed by atoms with Crippen LogP contribution in [0.1, 0.15) is 33.1 Å². The van der Waals surface area contributed by atoms with E-state index in [9.17, 15) is 4.79 Å². The van der Waals surface area contributed by atoms with Crippen LogP contribution < -0.4 is 5.32 Å². The molecule has 0 bridgehead atoms. The zero-order valence-corrected chi connectivity index (χ0v) is 9.57. The lowest BCUT2D eigenvalue weighted by molar-refractivity contribution is -0.141. The Hall–Kier alpha value is -0.830. The first-order valence-electron chi connectivity index (χ1n) is 5.72. The number of nitrogens with one attached hydrogen (secondary N) is 1. The minimum atomic E-state index is -0.712. The second-order valence-electron chi connectivity index (χ2n) is 4.66. The van der Waals surface area contributed by atoms with Gasteiger partial charge in [-0.1, -0.05) is 26.0 Å². The Morgan fingerprint density at radius 2 is 2.27 bits per heavy atom. The molecule has 0 fully saturated rings. The molecule has 2 unspecified atom stereocenters. The lowest BCUT2D eigenvalue weighted by atomic mass is 9.87. The largest absolute Gasteiger partial charge is 0.480 e. The summed E-state index contributed by atoms with van der Waals surface area (Å²) in [5, 5.41) is 12.3. The van der Waals surface area contributed by atoms with E-state index < -0.39 is 5.97 Å². The molecule has 0 spiro atoms. The normalized spacial score (nSPS) is 23.0. The average molecular weight is 211 g/mol. The molecule has 1 rings (SSSR count). The van der Waals surface area contributed by atoms with Gasteiger partial charge in [0.25, 0.3) is 0 Å². The van der Waals surface area contributed by atoms with Crippen molar-refractivity contribution in [2.24, 2.45) is 11.8 Å². The summed E-state index contributed by atoms with van der Waals surface area (Å²) in [6, 6.07) is -0.377. The van der Waals surface area contributed by atoms with Gasteiger partial charge in [0.15, 0.2) is 0 Å². The summed E-state index contributed by atoms with van der Waals surface area (Å²) in [6.45, 7) is 4.95. The van der Waals surface area contributed by atoms with E-state index in [1.54, 1.807) is 0 Å². The molecule has 0 saturated carbocycles. The van der Waals surface area contributed by atoms with Gasteiger partial charge in [0.2, 0.25) is 0 Å². The van der Waals surface area contributed by atoms with Crippen LogP contribution in [0.15, 0.2) is 12.2 Å². The Labute approximate surface area is 91.6 Å². The van der Waals surface area contributed by atoms with Crippen molar-refractivity contribution in [3.63, 3.8) is 0 Å². The maximum absolute atomic E-state index is 11.1. The van der Waals surface area contributed by atoms with Crippen molar-refractivity contribution in [1.82, 2.24) is 5.32 Å². The Balaban J connectivity index is 2.49. The van der Waals surface area contributed by atoms with Gasteiger partial charge in [-0.2, -0.15) is 0 Å². The Kier molecular flexibility index (Phi) is 4.82. The summed E-state index contributed by atoms with van der Waals surface area (Å²) in [5.41, 5.74) is 0. The molecule has 0 aromatic rings. The fourth-order valence-electron chi connectivity index (χ4n) is 1.94. The van der Waals surface area contributed by atoms with E-state index in [0.717, 1.165) is 25.8 Å². The van der Waals surface area contributed by atoms with E-state index in [1.165, 1.54) is 0 Å². The molecule has 0 saturated heterocycles. The van der Waals surface area contributed by atoms with E-state index in [2.05, 4.69) is 31.3 Å². The smallest absolute Gasteiger partial charge is 0.320 e. The summed E-state index contributed by atoms with van der Waals surface area (Å²) in [5.74, 6) is 0.0354. The van der Waals surface area contributed by atoms with Gasteiger partial charge < -0.3 is 10.4 Å². The molecule has 1 aliphatic carbocycles. The topological polar surface area (TPSA) is 49.3 Å². The number of carboxylic acids is 1. The van der Waals surface area contributed by atoms with Crippen LogP contribution in [0.3, 0.4) is 0 Å². The first-order valence-corrected chi connectivity index (χ1v) is 5.72. The van der Waals surface area contributed by atoms with Crippen molar-refractivity contribution in [2.75, 3.05) is 6.54 Å². The molecule has 3 heteroatoms. The second kappa shape index (κ2) is 5.91. The Morgan fingerprint density at radius 1 is 1.53 bits per heavy atom. The third kappa shape index (κ3) is 4.04. The average Bonchev–Trinajstić information content (AvgIpc) is 2.18. The highest BCUT2D eigenvalue weighted by molar-refractivity contribution is 5.73. The molecule has 2 N–H and O–H groups in total. The third-order valence-electron chi connectivity index (χ3n) is 2.79. The number of carbonyl (C=O) groups is 1. The van der Waals surface area contributed by atoms with E-state index in [1.807, 2.05) is 0 Å². The number of allylic oxidation sites excluding steroid dienone is 2. The molecule has 0 heterocycles. The monoisotopic (exact) mass is 211 g/mol. The van der Waals surface area contributed by atoms with Gasteiger partial charge in [-0.25, -0.2) is 0 Å². The molecule has 0 radical (unpaired) electrons. The highest BCUT2D eigenvalue weighted by Crippen LogP contribution is 2.22. The fraction of sp³-hybridized carbons (Fsp3) is 0.750.